The number of fused-ring (bicyclic) bond motifs is 1. The molecular formula is C20H23N7O2. The molecule has 0 unspecified atom stereocenters. The molecule has 0 saturated carbocycles. The number of nitrogens with one attached hydrogen (secondary N) is 1. The number of nitrogens with zero attached hydrogens (tertiary/aromatic N) is 6. The molecule has 1 N–H and O–H groups in total. The fraction of sp³-hybridized carbons (Fsp3) is 0.350. The average Bonchev–Trinajstić information content (AvgIpc) is 2.96. The van der Waals surface area contributed by atoms with Crippen LogP contribution in [0.5, 0.6) is 0 Å². The van der Waals surface area contributed by atoms with Crippen LogP contribution >= 0.6 is 0 Å². The number of hydrogen-bond donors (Lipinski definition) is 1. The summed E-state index contributed by atoms with van der Waals surface area (Å²) < 4.78 is 5.31. The highest BCUT2D eigenvalue weighted by atomic mass is 16.5. The first-order chi connectivity index (χ1) is 14.1. The van der Waals surface area contributed by atoms with Crippen molar-refractivity contribution >= 4 is 23.4 Å². The molecule has 0 aromatic carbocycles. The molecule has 0 fully saturated rings. The average molecular weight is 393 g/mol. The summed E-state index contributed by atoms with van der Waals surface area (Å²) in [6.07, 6.45) is 5.45. The summed E-state index contributed by atoms with van der Waals surface area (Å²) in [6.45, 7) is 8.08. The number of pyridine rings is 1. The van der Waals surface area contributed by atoms with Crippen LogP contribution in [-0.2, 0) is 0 Å². The Hall–Kier alpha value is -3.49. The summed E-state index contributed by atoms with van der Waals surface area (Å²) in [7, 11) is 0. The second kappa shape index (κ2) is 7.86. The molecule has 29 heavy (non-hydrogen) atoms. The first kappa shape index (κ1) is 18.9. The second-order valence-electron chi connectivity index (χ2n) is 6.84. The maximum absolute atomic E-state index is 13.1. The van der Waals surface area contributed by atoms with Gasteiger partial charge in [0, 0.05) is 32.0 Å². The van der Waals surface area contributed by atoms with E-state index in [4.69, 9.17) is 9.51 Å². The van der Waals surface area contributed by atoms with Crippen molar-refractivity contribution in [3.05, 3.63) is 42.2 Å². The molecule has 0 atom stereocenters. The summed E-state index contributed by atoms with van der Waals surface area (Å²) in [5.74, 6) is 1.72. The van der Waals surface area contributed by atoms with E-state index in [1.165, 1.54) is 6.20 Å². The second-order valence-corrected chi connectivity index (χ2v) is 6.84. The van der Waals surface area contributed by atoms with Crippen LogP contribution in [0.1, 0.15) is 24.8 Å². The Labute approximate surface area is 168 Å². The van der Waals surface area contributed by atoms with Crippen LogP contribution in [0.2, 0.25) is 0 Å². The molecule has 0 aliphatic carbocycles. The first-order valence-corrected chi connectivity index (χ1v) is 9.62. The number of hydrogen-bond acceptors (Lipinski definition) is 7. The molecule has 4 rings (SSSR count). The van der Waals surface area contributed by atoms with Gasteiger partial charge in [-0.2, -0.15) is 0 Å². The third-order valence-electron chi connectivity index (χ3n) is 4.98. The highest BCUT2D eigenvalue weighted by Crippen LogP contribution is 2.35. The molecule has 2 amide bonds. The minimum atomic E-state index is -0.284. The van der Waals surface area contributed by atoms with Crippen molar-refractivity contribution in [1.29, 1.82) is 0 Å². The Morgan fingerprint density at radius 1 is 1.24 bits per heavy atom. The van der Waals surface area contributed by atoms with Gasteiger partial charge in [0.25, 0.3) is 0 Å². The van der Waals surface area contributed by atoms with Gasteiger partial charge in [-0.3, -0.25) is 15.2 Å². The fourth-order valence-corrected chi connectivity index (χ4v) is 3.59. The van der Waals surface area contributed by atoms with Gasteiger partial charge in [-0.15, -0.1) is 0 Å². The van der Waals surface area contributed by atoms with Crippen molar-refractivity contribution in [2.45, 2.75) is 27.2 Å². The molecule has 1 aliphatic rings. The van der Waals surface area contributed by atoms with E-state index in [0.717, 1.165) is 42.1 Å². The molecule has 9 nitrogen and oxygen atoms in total. The van der Waals surface area contributed by atoms with E-state index in [9.17, 15) is 4.79 Å². The summed E-state index contributed by atoms with van der Waals surface area (Å²) in [6, 6.07) is 3.69. The van der Waals surface area contributed by atoms with E-state index in [1.54, 1.807) is 17.3 Å². The predicted molar refractivity (Wildman–Crippen MR) is 110 cm³/mol. The number of carbonyl (C=O) groups excluding carboxylic acids is 1. The third-order valence-corrected chi connectivity index (χ3v) is 4.98. The number of aryl methyl sites for hydroxylation is 2. The van der Waals surface area contributed by atoms with Crippen molar-refractivity contribution < 1.29 is 9.32 Å². The minimum Gasteiger partial charge on any atom is -0.369 e. The molecule has 0 saturated heterocycles. The van der Waals surface area contributed by atoms with Crippen LogP contribution < -0.4 is 15.1 Å². The molecule has 150 valence electrons. The van der Waals surface area contributed by atoms with Gasteiger partial charge in [0.1, 0.15) is 5.76 Å². The van der Waals surface area contributed by atoms with E-state index in [0.29, 0.717) is 23.9 Å². The molecule has 0 radical (unpaired) electrons. The SMILES string of the molecule is CCN1CCCN(C(=O)Nc2cnccn2)c2nc(-c3c(C)noc3C)ccc21. The van der Waals surface area contributed by atoms with Gasteiger partial charge in [0.15, 0.2) is 11.6 Å². The predicted octanol–water partition coefficient (Wildman–Crippen LogP) is 3.41. The maximum atomic E-state index is 13.1. The van der Waals surface area contributed by atoms with Crippen LogP contribution in [0.4, 0.5) is 22.1 Å². The monoisotopic (exact) mass is 393 g/mol. The Balaban J connectivity index is 1.76. The van der Waals surface area contributed by atoms with E-state index in [-0.39, 0.29) is 6.03 Å². The smallest absolute Gasteiger partial charge is 0.328 e. The fourth-order valence-electron chi connectivity index (χ4n) is 3.59. The quantitative estimate of drug-likeness (QED) is 0.728. The van der Waals surface area contributed by atoms with Gasteiger partial charge in [-0.05, 0) is 39.3 Å². The summed E-state index contributed by atoms with van der Waals surface area (Å²) in [5.41, 5.74) is 3.28. The van der Waals surface area contributed by atoms with E-state index in [2.05, 4.69) is 32.3 Å². The van der Waals surface area contributed by atoms with E-state index >= 15 is 0 Å². The molecule has 3 aromatic heterocycles. The van der Waals surface area contributed by atoms with Crippen LogP contribution in [0.15, 0.2) is 35.2 Å². The first-order valence-electron chi connectivity index (χ1n) is 9.62. The number of carbonyl (C=O) groups is 1. The van der Waals surface area contributed by atoms with E-state index < -0.39 is 0 Å². The van der Waals surface area contributed by atoms with Crippen molar-refractivity contribution in [3.63, 3.8) is 0 Å². The van der Waals surface area contributed by atoms with Crippen LogP contribution in [0, 0.1) is 13.8 Å². The number of amides is 2. The lowest BCUT2D eigenvalue weighted by Gasteiger charge is -2.25. The van der Waals surface area contributed by atoms with Gasteiger partial charge < -0.3 is 9.42 Å². The van der Waals surface area contributed by atoms with Gasteiger partial charge in [-0.1, -0.05) is 5.16 Å². The Morgan fingerprint density at radius 2 is 2.10 bits per heavy atom. The highest BCUT2D eigenvalue weighted by Gasteiger charge is 2.27. The van der Waals surface area contributed by atoms with Crippen LogP contribution in [0.3, 0.4) is 0 Å². The van der Waals surface area contributed by atoms with E-state index in [1.807, 2.05) is 26.0 Å². The lowest BCUT2D eigenvalue weighted by molar-refractivity contribution is 0.256. The largest absolute Gasteiger partial charge is 0.369 e. The van der Waals surface area contributed by atoms with Gasteiger partial charge >= 0.3 is 6.03 Å². The lowest BCUT2D eigenvalue weighted by Crippen LogP contribution is -2.36. The van der Waals surface area contributed by atoms with Crippen molar-refractivity contribution in [1.82, 2.24) is 20.1 Å². The number of urea groups is 1. The summed E-state index contributed by atoms with van der Waals surface area (Å²) in [5, 5.41) is 6.84. The molecule has 1 aliphatic heterocycles. The number of anilines is 3. The zero-order valence-corrected chi connectivity index (χ0v) is 16.7. The minimum absolute atomic E-state index is 0.284. The lowest BCUT2D eigenvalue weighted by atomic mass is 10.1. The molecule has 4 heterocycles. The van der Waals surface area contributed by atoms with Crippen molar-refractivity contribution in [2.24, 2.45) is 0 Å². The van der Waals surface area contributed by atoms with Crippen LogP contribution in [0.25, 0.3) is 11.3 Å². The number of rotatable bonds is 3. The Morgan fingerprint density at radius 3 is 2.79 bits per heavy atom. The summed E-state index contributed by atoms with van der Waals surface area (Å²) >= 11 is 0. The van der Waals surface area contributed by atoms with Crippen molar-refractivity contribution in [3.8, 4) is 11.3 Å². The molecule has 9 heteroatoms. The Kier molecular flexibility index (Phi) is 5.11. The third kappa shape index (κ3) is 3.63. The molecular weight excluding hydrogens is 370 g/mol. The molecule has 3 aromatic rings. The van der Waals surface area contributed by atoms with Gasteiger partial charge in [0.2, 0.25) is 0 Å². The Bertz CT molecular complexity index is 999. The molecule has 0 spiro atoms. The normalized spacial score (nSPS) is 13.8. The summed E-state index contributed by atoms with van der Waals surface area (Å²) in [4.78, 5) is 30.0. The van der Waals surface area contributed by atoms with Crippen molar-refractivity contribution in [2.75, 3.05) is 34.8 Å². The molecule has 0 bridgehead atoms. The number of aromatic nitrogens is 4. The maximum Gasteiger partial charge on any atom is 0.328 e. The zero-order valence-electron chi connectivity index (χ0n) is 16.7. The topological polar surface area (TPSA) is 100 Å². The van der Waals surface area contributed by atoms with Gasteiger partial charge in [0.05, 0.1) is 28.8 Å². The highest BCUT2D eigenvalue weighted by molar-refractivity contribution is 6.03. The van der Waals surface area contributed by atoms with Gasteiger partial charge in [-0.25, -0.2) is 14.8 Å². The van der Waals surface area contributed by atoms with Crippen LogP contribution in [-0.4, -0.2) is 45.8 Å². The zero-order chi connectivity index (χ0) is 20.4. The standard InChI is InChI=1S/C20H23N7O2/c1-4-26-10-5-11-27(20(28)24-17-12-21-8-9-22-17)19-16(26)7-6-15(23-19)18-13(2)25-29-14(18)3/h6-9,12H,4-5,10-11H2,1-3H3,(H,22,24,28).